The van der Waals surface area contributed by atoms with Crippen LogP contribution in [0, 0.1) is 5.82 Å². The molecule has 1 unspecified atom stereocenters. The van der Waals surface area contributed by atoms with E-state index in [9.17, 15) is 18.8 Å². The monoisotopic (exact) mass is 358 g/mol. The number of carbonyl (C=O) groups is 3. The number of hydrogen-bond acceptors (Lipinski definition) is 3. The second-order valence-electron chi connectivity index (χ2n) is 5.53. The molecule has 2 amide bonds. The van der Waals surface area contributed by atoms with Crippen molar-refractivity contribution in [2.24, 2.45) is 0 Å². The van der Waals surface area contributed by atoms with Gasteiger partial charge in [0.25, 0.3) is 0 Å². The van der Waals surface area contributed by atoms with Crippen molar-refractivity contribution in [3.8, 4) is 0 Å². The largest absolute Gasteiger partial charge is 0.481 e. The zero-order valence-electron chi connectivity index (χ0n) is 13.5. The Kier molecular flexibility index (Phi) is 7.64. The molecule has 0 heterocycles. The Morgan fingerprint density at radius 2 is 1.96 bits per heavy atom. The molecule has 0 bridgehead atoms. The first kappa shape index (κ1) is 19.9. The summed E-state index contributed by atoms with van der Waals surface area (Å²) < 4.78 is 13.5. The van der Waals surface area contributed by atoms with Crippen LogP contribution < -0.4 is 5.32 Å². The number of halogens is 2. The molecule has 0 radical (unpaired) electrons. The molecular weight excluding hydrogens is 339 g/mol. The number of carboxylic acid groups (broad SMARTS) is 1. The minimum absolute atomic E-state index is 0.0752. The lowest BCUT2D eigenvalue weighted by Crippen LogP contribution is -2.30. The van der Waals surface area contributed by atoms with Gasteiger partial charge in [-0.25, -0.2) is 4.39 Å². The standard InChI is InChI=1S/C16H20ClFN2O4/c1-20(2)15(22)5-3-4-14(21)19-13(9-16(23)24)10-6-7-11(17)12(18)8-10/h6-8,13H,3-5,9H2,1-2H3,(H,19,21)(H,23,24). The molecule has 1 rings (SSSR count). The predicted octanol–water partition coefficient (Wildman–Crippen LogP) is 2.37. The average Bonchev–Trinajstić information content (AvgIpc) is 2.48. The third-order valence-electron chi connectivity index (χ3n) is 3.35. The van der Waals surface area contributed by atoms with E-state index in [-0.39, 0.29) is 30.2 Å². The highest BCUT2D eigenvalue weighted by Gasteiger charge is 2.19. The molecule has 132 valence electrons. The first-order valence-electron chi connectivity index (χ1n) is 7.37. The van der Waals surface area contributed by atoms with E-state index < -0.39 is 23.7 Å². The molecule has 8 heteroatoms. The van der Waals surface area contributed by atoms with Gasteiger partial charge in [0.05, 0.1) is 17.5 Å². The Morgan fingerprint density at radius 3 is 2.50 bits per heavy atom. The SMILES string of the molecule is CN(C)C(=O)CCCC(=O)NC(CC(=O)O)c1ccc(Cl)c(F)c1. The van der Waals surface area contributed by atoms with Gasteiger partial charge in [-0.1, -0.05) is 17.7 Å². The van der Waals surface area contributed by atoms with E-state index in [1.807, 2.05) is 0 Å². The first-order chi connectivity index (χ1) is 11.2. The molecule has 0 saturated carbocycles. The Balaban J connectivity index is 2.68. The van der Waals surface area contributed by atoms with Crippen molar-refractivity contribution in [3.63, 3.8) is 0 Å². The minimum atomic E-state index is -1.13. The van der Waals surface area contributed by atoms with Gasteiger partial charge in [-0.3, -0.25) is 14.4 Å². The second kappa shape index (κ2) is 9.22. The smallest absolute Gasteiger partial charge is 0.305 e. The van der Waals surface area contributed by atoms with Gasteiger partial charge in [0.15, 0.2) is 0 Å². The van der Waals surface area contributed by atoms with Gasteiger partial charge in [-0.15, -0.1) is 0 Å². The molecule has 6 nitrogen and oxygen atoms in total. The maximum absolute atomic E-state index is 13.5. The molecule has 0 saturated heterocycles. The van der Waals surface area contributed by atoms with E-state index in [1.165, 1.54) is 17.0 Å². The lowest BCUT2D eigenvalue weighted by atomic mass is 10.0. The van der Waals surface area contributed by atoms with Crippen molar-refractivity contribution in [3.05, 3.63) is 34.6 Å². The predicted molar refractivity (Wildman–Crippen MR) is 87.1 cm³/mol. The van der Waals surface area contributed by atoms with Crippen LogP contribution in [0.3, 0.4) is 0 Å². The Hall–Kier alpha value is -2.15. The third kappa shape index (κ3) is 6.54. The third-order valence-corrected chi connectivity index (χ3v) is 3.66. The maximum atomic E-state index is 13.5. The van der Waals surface area contributed by atoms with Gasteiger partial charge < -0.3 is 15.3 Å². The summed E-state index contributed by atoms with van der Waals surface area (Å²) in [5, 5.41) is 11.4. The summed E-state index contributed by atoms with van der Waals surface area (Å²) in [7, 11) is 3.25. The summed E-state index contributed by atoms with van der Waals surface area (Å²) in [5.41, 5.74) is 0.317. The van der Waals surface area contributed by atoms with E-state index in [4.69, 9.17) is 16.7 Å². The second-order valence-corrected chi connectivity index (χ2v) is 5.94. The number of hydrogen-bond donors (Lipinski definition) is 2. The number of rotatable bonds is 8. The molecule has 24 heavy (non-hydrogen) atoms. The molecule has 0 aliphatic heterocycles. The van der Waals surface area contributed by atoms with Crippen LogP contribution in [0.5, 0.6) is 0 Å². The molecule has 0 aliphatic rings. The van der Waals surface area contributed by atoms with Gasteiger partial charge in [0, 0.05) is 26.9 Å². The summed E-state index contributed by atoms with van der Waals surface area (Å²) >= 11 is 5.61. The summed E-state index contributed by atoms with van der Waals surface area (Å²) in [6, 6.07) is 3.01. The van der Waals surface area contributed by atoms with Gasteiger partial charge in [-0.2, -0.15) is 0 Å². The van der Waals surface area contributed by atoms with E-state index in [0.29, 0.717) is 12.0 Å². The summed E-state index contributed by atoms with van der Waals surface area (Å²) in [4.78, 5) is 35.8. The number of nitrogens with one attached hydrogen (secondary N) is 1. The van der Waals surface area contributed by atoms with Crippen molar-refractivity contribution in [2.45, 2.75) is 31.7 Å². The van der Waals surface area contributed by atoms with E-state index >= 15 is 0 Å². The van der Waals surface area contributed by atoms with Crippen molar-refractivity contribution in [2.75, 3.05) is 14.1 Å². The molecular formula is C16H20ClFN2O4. The molecule has 1 aromatic rings. The molecule has 2 N–H and O–H groups in total. The topological polar surface area (TPSA) is 86.7 Å². The molecule has 1 aromatic carbocycles. The van der Waals surface area contributed by atoms with Crippen LogP contribution in [-0.2, 0) is 14.4 Å². The number of aliphatic carboxylic acids is 1. The fraction of sp³-hybridized carbons (Fsp3) is 0.438. The quantitative estimate of drug-likeness (QED) is 0.747. The zero-order valence-corrected chi connectivity index (χ0v) is 14.3. The van der Waals surface area contributed by atoms with Crippen molar-refractivity contribution in [1.82, 2.24) is 10.2 Å². The van der Waals surface area contributed by atoms with Crippen LogP contribution >= 0.6 is 11.6 Å². The lowest BCUT2D eigenvalue weighted by molar-refractivity contribution is -0.137. The molecule has 0 spiro atoms. The highest BCUT2D eigenvalue weighted by molar-refractivity contribution is 6.30. The molecule has 0 aromatic heterocycles. The number of benzene rings is 1. The maximum Gasteiger partial charge on any atom is 0.305 e. The Labute approximate surface area is 144 Å². The van der Waals surface area contributed by atoms with Crippen LogP contribution in [-0.4, -0.2) is 41.9 Å². The van der Waals surface area contributed by atoms with Crippen LogP contribution in [0.15, 0.2) is 18.2 Å². The fourth-order valence-corrected chi connectivity index (χ4v) is 2.16. The molecule has 1 atom stereocenters. The Bertz CT molecular complexity index is 622. The average molecular weight is 359 g/mol. The number of carbonyl (C=O) groups excluding carboxylic acids is 2. The highest BCUT2D eigenvalue weighted by Crippen LogP contribution is 2.22. The van der Waals surface area contributed by atoms with Crippen molar-refractivity contribution < 1.29 is 23.9 Å². The van der Waals surface area contributed by atoms with Crippen LogP contribution in [0.4, 0.5) is 4.39 Å². The van der Waals surface area contributed by atoms with Gasteiger partial charge in [-0.05, 0) is 24.1 Å². The van der Waals surface area contributed by atoms with Crippen LogP contribution in [0.2, 0.25) is 5.02 Å². The van der Waals surface area contributed by atoms with E-state index in [0.717, 1.165) is 6.07 Å². The van der Waals surface area contributed by atoms with Gasteiger partial charge in [0.1, 0.15) is 5.82 Å². The van der Waals surface area contributed by atoms with Gasteiger partial charge >= 0.3 is 5.97 Å². The first-order valence-corrected chi connectivity index (χ1v) is 7.74. The number of nitrogens with zero attached hydrogens (tertiary/aromatic N) is 1. The zero-order chi connectivity index (χ0) is 18.3. The van der Waals surface area contributed by atoms with Crippen LogP contribution in [0.25, 0.3) is 0 Å². The van der Waals surface area contributed by atoms with E-state index in [1.54, 1.807) is 14.1 Å². The summed E-state index contributed by atoms with van der Waals surface area (Å²) in [5.74, 6) is -2.30. The molecule has 0 aliphatic carbocycles. The van der Waals surface area contributed by atoms with Gasteiger partial charge in [0.2, 0.25) is 11.8 Å². The highest BCUT2D eigenvalue weighted by atomic mass is 35.5. The summed E-state index contributed by atoms with van der Waals surface area (Å²) in [6.07, 6.45) is 0.256. The van der Waals surface area contributed by atoms with E-state index in [2.05, 4.69) is 5.32 Å². The minimum Gasteiger partial charge on any atom is -0.481 e. The fourth-order valence-electron chi connectivity index (χ4n) is 2.05. The Morgan fingerprint density at radius 1 is 1.29 bits per heavy atom. The number of carboxylic acids is 1. The van der Waals surface area contributed by atoms with Crippen molar-refractivity contribution in [1.29, 1.82) is 0 Å². The molecule has 0 fully saturated rings. The van der Waals surface area contributed by atoms with Crippen LogP contribution in [0.1, 0.15) is 37.3 Å². The number of amides is 2. The normalized spacial score (nSPS) is 11.7. The summed E-state index contributed by atoms with van der Waals surface area (Å²) in [6.45, 7) is 0. The van der Waals surface area contributed by atoms with Crippen molar-refractivity contribution >= 4 is 29.4 Å². The lowest BCUT2D eigenvalue weighted by Gasteiger charge is -2.18.